The van der Waals surface area contributed by atoms with Crippen LogP contribution >= 0.6 is 15.9 Å². The number of hydrogen-bond acceptors (Lipinski definition) is 3. The highest BCUT2D eigenvalue weighted by Gasteiger charge is 2.25. The summed E-state index contributed by atoms with van der Waals surface area (Å²) in [5, 5.41) is 0. The quantitative estimate of drug-likeness (QED) is 0.682. The number of nitrogens with one attached hydrogen (secondary N) is 2. The third-order valence-corrected chi connectivity index (χ3v) is 5.47. The molecule has 7 heteroatoms. The molecule has 1 aromatic carbocycles. The smallest absolute Gasteiger partial charge is 0.222 e. The van der Waals surface area contributed by atoms with Gasteiger partial charge in [-0.05, 0) is 30.5 Å². The summed E-state index contributed by atoms with van der Waals surface area (Å²) in [6.45, 7) is 1.56. The fraction of sp³-hybridized carbons (Fsp3) is 0.421. The number of nitrogens with zero attached hydrogens (tertiary/aromatic N) is 3. The minimum atomic E-state index is 0.312. The lowest BCUT2D eigenvalue weighted by molar-refractivity contribution is -0.132. The normalized spacial score (nSPS) is 16.1. The molecule has 3 aromatic rings. The van der Waals surface area contributed by atoms with Crippen molar-refractivity contribution in [3.63, 3.8) is 0 Å². The highest BCUT2D eigenvalue weighted by Crippen LogP contribution is 2.33. The van der Waals surface area contributed by atoms with Gasteiger partial charge in [0.05, 0.1) is 41.6 Å². The summed E-state index contributed by atoms with van der Waals surface area (Å²) in [6, 6.07) is 5.95. The lowest BCUT2D eigenvalue weighted by Crippen LogP contribution is -2.35. The molecule has 2 aliphatic rings. The van der Waals surface area contributed by atoms with Crippen molar-refractivity contribution in [2.24, 2.45) is 5.92 Å². The van der Waals surface area contributed by atoms with Crippen molar-refractivity contribution in [2.75, 3.05) is 6.54 Å². The van der Waals surface area contributed by atoms with Gasteiger partial charge in [-0.25, -0.2) is 9.97 Å². The van der Waals surface area contributed by atoms with Gasteiger partial charge in [0.15, 0.2) is 0 Å². The number of carbonyl (C=O) groups is 1. The van der Waals surface area contributed by atoms with Crippen molar-refractivity contribution in [3.8, 4) is 0 Å². The minimum Gasteiger partial charge on any atom is -0.347 e. The van der Waals surface area contributed by atoms with Crippen LogP contribution in [0.2, 0.25) is 0 Å². The number of H-pyrrole nitrogens is 2. The molecule has 0 atom stereocenters. The monoisotopic (exact) mass is 415 g/mol. The first kappa shape index (κ1) is 17.3. The second-order valence-electron chi connectivity index (χ2n) is 6.94. The molecule has 1 aliphatic carbocycles. The fourth-order valence-corrected chi connectivity index (χ4v) is 3.59. The van der Waals surface area contributed by atoms with E-state index in [9.17, 15) is 4.79 Å². The third-order valence-electron chi connectivity index (χ3n) is 4.97. The first-order chi connectivity index (χ1) is 12.7. The molecule has 2 N–H and O–H groups in total. The summed E-state index contributed by atoms with van der Waals surface area (Å²) in [7, 11) is 0. The molecule has 6 nitrogen and oxygen atoms in total. The second-order valence-corrected chi connectivity index (χ2v) is 7.85. The van der Waals surface area contributed by atoms with Crippen LogP contribution in [0.5, 0.6) is 0 Å². The van der Waals surface area contributed by atoms with Gasteiger partial charge in [-0.1, -0.05) is 28.8 Å². The maximum atomic E-state index is 12.0. The van der Waals surface area contributed by atoms with Crippen LogP contribution in [0.15, 0.2) is 35.3 Å². The largest absolute Gasteiger partial charge is 0.347 e. The second kappa shape index (κ2) is 7.61. The number of rotatable bonds is 3. The molecule has 0 saturated heterocycles. The van der Waals surface area contributed by atoms with Crippen LogP contribution in [0.3, 0.4) is 0 Å². The number of fused-ring (bicyclic) bond motifs is 2. The third kappa shape index (κ3) is 4.15. The van der Waals surface area contributed by atoms with Crippen LogP contribution in [0.25, 0.3) is 11.0 Å². The number of imidazole rings is 2. The van der Waals surface area contributed by atoms with Crippen LogP contribution in [-0.4, -0.2) is 37.3 Å². The molecule has 1 aliphatic heterocycles. The van der Waals surface area contributed by atoms with Gasteiger partial charge >= 0.3 is 0 Å². The average Bonchev–Trinajstić information content (AvgIpc) is 3.16. The van der Waals surface area contributed by atoms with E-state index in [0.717, 1.165) is 65.2 Å². The Morgan fingerprint density at radius 3 is 2.92 bits per heavy atom. The summed E-state index contributed by atoms with van der Waals surface area (Å²) in [5.41, 5.74) is 4.31. The zero-order valence-electron chi connectivity index (χ0n) is 14.5. The molecule has 1 amide bonds. The lowest BCUT2D eigenvalue weighted by atomic mass is 10.1. The lowest BCUT2D eigenvalue weighted by Gasteiger charge is -2.26. The number of aromatic nitrogens is 4. The van der Waals surface area contributed by atoms with Crippen LogP contribution in [0, 0.1) is 5.92 Å². The molecule has 1 saturated carbocycles. The Morgan fingerprint density at radius 1 is 1.23 bits per heavy atom. The van der Waals surface area contributed by atoms with Crippen molar-refractivity contribution in [2.45, 2.75) is 38.6 Å². The highest BCUT2D eigenvalue weighted by atomic mass is 79.9. The van der Waals surface area contributed by atoms with Crippen LogP contribution < -0.4 is 0 Å². The van der Waals surface area contributed by atoms with Gasteiger partial charge in [0.25, 0.3) is 0 Å². The molecule has 3 heterocycles. The van der Waals surface area contributed by atoms with Crippen molar-refractivity contribution in [1.29, 1.82) is 0 Å². The first-order valence-corrected chi connectivity index (χ1v) is 9.86. The number of benzene rings is 1. The van der Waals surface area contributed by atoms with Gasteiger partial charge in [0.2, 0.25) is 5.91 Å². The molecule has 0 radical (unpaired) electrons. The van der Waals surface area contributed by atoms with Gasteiger partial charge in [0, 0.05) is 23.9 Å². The Labute approximate surface area is 160 Å². The number of hydrogen-bond donors (Lipinski definition) is 2. The molecule has 26 heavy (non-hydrogen) atoms. The first-order valence-electron chi connectivity index (χ1n) is 9.06. The van der Waals surface area contributed by atoms with Gasteiger partial charge in [-0.3, -0.25) is 4.79 Å². The maximum Gasteiger partial charge on any atom is 0.222 e. The summed E-state index contributed by atoms with van der Waals surface area (Å²) in [4.78, 5) is 28.4. The molecular formula is C19H22BrN5O. The molecule has 1 fully saturated rings. The van der Waals surface area contributed by atoms with E-state index >= 15 is 0 Å². The summed E-state index contributed by atoms with van der Waals surface area (Å²) in [6.07, 6.45) is 8.79. The van der Waals surface area contributed by atoms with Crippen molar-refractivity contribution >= 4 is 32.9 Å². The number of amides is 1. The Kier molecular flexibility index (Phi) is 5.06. The van der Waals surface area contributed by atoms with E-state index in [4.69, 9.17) is 0 Å². The van der Waals surface area contributed by atoms with E-state index in [2.05, 4.69) is 35.9 Å². The Hall–Kier alpha value is -2.15. The van der Waals surface area contributed by atoms with E-state index in [1.807, 2.05) is 23.1 Å². The van der Waals surface area contributed by atoms with Crippen molar-refractivity contribution in [3.05, 3.63) is 46.7 Å². The summed E-state index contributed by atoms with van der Waals surface area (Å²) >= 11 is 3.37. The van der Waals surface area contributed by atoms with E-state index < -0.39 is 0 Å². The summed E-state index contributed by atoms with van der Waals surface area (Å²) < 4.78 is 1.07. The van der Waals surface area contributed by atoms with E-state index in [0.29, 0.717) is 5.91 Å². The highest BCUT2D eigenvalue weighted by molar-refractivity contribution is 9.10. The van der Waals surface area contributed by atoms with E-state index in [1.165, 1.54) is 12.8 Å². The zero-order chi connectivity index (χ0) is 17.9. The van der Waals surface area contributed by atoms with E-state index in [1.54, 1.807) is 12.7 Å². The SMILES string of the molecule is Brc1ccc2nc[nH]c2c1.O=C(CCC1CC1)N1CCc2nc[nH]c2C1. The Balaban J connectivity index is 0.000000144. The van der Waals surface area contributed by atoms with Gasteiger partial charge in [0.1, 0.15) is 0 Å². The Bertz CT molecular complexity index is 898. The molecule has 2 aromatic heterocycles. The molecule has 0 unspecified atom stereocenters. The number of carbonyl (C=O) groups excluding carboxylic acids is 1. The molecule has 0 spiro atoms. The fourth-order valence-electron chi connectivity index (χ4n) is 3.23. The van der Waals surface area contributed by atoms with Crippen LogP contribution in [0.1, 0.15) is 37.1 Å². The van der Waals surface area contributed by atoms with Crippen molar-refractivity contribution < 1.29 is 4.79 Å². The van der Waals surface area contributed by atoms with Crippen LogP contribution in [-0.2, 0) is 17.8 Å². The predicted octanol–water partition coefficient (Wildman–Crippen LogP) is 3.81. The standard InChI is InChI=1S/C12H17N3O.C7H5BrN2/c16-12(4-3-9-1-2-9)15-6-5-10-11(7-15)14-8-13-10;8-5-1-2-6-7(3-5)10-4-9-6/h8-9H,1-7H2,(H,13,14);1-4H,(H,9,10). The molecule has 136 valence electrons. The average molecular weight is 416 g/mol. The number of aromatic amines is 2. The molecule has 5 rings (SSSR count). The predicted molar refractivity (Wildman–Crippen MR) is 103 cm³/mol. The Morgan fingerprint density at radius 2 is 2.08 bits per heavy atom. The van der Waals surface area contributed by atoms with Crippen LogP contribution in [0.4, 0.5) is 0 Å². The minimum absolute atomic E-state index is 0.312. The summed E-state index contributed by atoms with van der Waals surface area (Å²) in [5.74, 6) is 1.16. The topological polar surface area (TPSA) is 77.7 Å². The van der Waals surface area contributed by atoms with Gasteiger partial charge < -0.3 is 14.9 Å². The van der Waals surface area contributed by atoms with Gasteiger partial charge in [-0.15, -0.1) is 0 Å². The zero-order valence-corrected chi connectivity index (χ0v) is 16.1. The van der Waals surface area contributed by atoms with Crippen molar-refractivity contribution in [1.82, 2.24) is 24.8 Å². The number of halogens is 1. The molecule has 0 bridgehead atoms. The van der Waals surface area contributed by atoms with Gasteiger partial charge in [-0.2, -0.15) is 0 Å². The molecular weight excluding hydrogens is 394 g/mol. The maximum absolute atomic E-state index is 12.0. The van der Waals surface area contributed by atoms with E-state index in [-0.39, 0.29) is 0 Å².